The number of fused-ring (bicyclic) bond motifs is 1. The third-order valence-corrected chi connectivity index (χ3v) is 4.63. The monoisotopic (exact) mass is 373 g/mol. The van der Waals surface area contributed by atoms with Crippen LogP contribution in [0.5, 0.6) is 0 Å². The van der Waals surface area contributed by atoms with E-state index in [0.717, 1.165) is 28.9 Å². The summed E-state index contributed by atoms with van der Waals surface area (Å²) in [6.45, 7) is 4.53. The molecule has 2 aromatic heterocycles. The Morgan fingerprint density at radius 1 is 1.00 bits per heavy atom. The molecule has 0 radical (unpaired) electrons. The number of hydrogen-bond donors (Lipinski definition) is 1. The average Bonchev–Trinajstić information content (AvgIpc) is 3.12. The molecule has 2 heterocycles. The molecule has 0 aliphatic rings. The van der Waals surface area contributed by atoms with Crippen LogP contribution in [-0.2, 0) is 19.4 Å². The Kier molecular flexibility index (Phi) is 5.02. The highest BCUT2D eigenvalue weighted by molar-refractivity contribution is 5.83. The summed E-state index contributed by atoms with van der Waals surface area (Å²) in [6, 6.07) is 17.8. The molecule has 142 valence electrons. The van der Waals surface area contributed by atoms with E-state index in [-0.39, 0.29) is 12.1 Å². The molecular weight excluding hydrogens is 350 g/mol. The number of aromatic nitrogens is 5. The van der Waals surface area contributed by atoms with Crippen LogP contribution >= 0.6 is 0 Å². The number of nitrogens with one attached hydrogen (secondary N) is 1. The fourth-order valence-electron chi connectivity index (χ4n) is 3.34. The molecule has 2 aromatic carbocycles. The molecule has 28 heavy (non-hydrogen) atoms. The van der Waals surface area contributed by atoms with E-state index in [1.807, 2.05) is 42.5 Å². The van der Waals surface area contributed by atoms with Gasteiger partial charge in [0.15, 0.2) is 5.82 Å². The van der Waals surface area contributed by atoms with Gasteiger partial charge in [-0.3, -0.25) is 9.89 Å². The van der Waals surface area contributed by atoms with Crippen LogP contribution in [0.3, 0.4) is 0 Å². The molecular formula is C22H23N5O. The molecule has 6 nitrogen and oxygen atoms in total. The summed E-state index contributed by atoms with van der Waals surface area (Å²) in [4.78, 5) is 17.5. The molecule has 0 saturated heterocycles. The number of hydrogen-bond acceptors (Lipinski definition) is 4. The Labute approximate surface area is 163 Å². The molecule has 4 aromatic rings. The second-order valence-electron chi connectivity index (χ2n) is 7.41. The largest absolute Gasteiger partial charge is 0.275 e. The number of benzene rings is 2. The molecule has 0 saturated carbocycles. The number of H-pyrrole nitrogens is 1. The van der Waals surface area contributed by atoms with Crippen LogP contribution in [0.15, 0.2) is 59.4 Å². The number of aromatic amines is 1. The van der Waals surface area contributed by atoms with E-state index in [1.54, 1.807) is 0 Å². The van der Waals surface area contributed by atoms with Crippen molar-refractivity contribution in [1.82, 2.24) is 25.0 Å². The lowest BCUT2D eigenvalue weighted by Gasteiger charge is -2.10. The van der Waals surface area contributed by atoms with Gasteiger partial charge in [-0.25, -0.2) is 9.67 Å². The third-order valence-electron chi connectivity index (χ3n) is 4.63. The summed E-state index contributed by atoms with van der Waals surface area (Å²) in [5.41, 5.74) is 1.92. The highest BCUT2D eigenvalue weighted by Crippen LogP contribution is 2.17. The maximum absolute atomic E-state index is 13.0. The Morgan fingerprint density at radius 2 is 1.71 bits per heavy atom. The maximum atomic E-state index is 13.0. The first-order valence-electron chi connectivity index (χ1n) is 9.53. The normalized spacial score (nSPS) is 11.4. The van der Waals surface area contributed by atoms with Crippen molar-refractivity contribution in [2.45, 2.75) is 33.2 Å². The fourth-order valence-corrected chi connectivity index (χ4v) is 3.34. The average molecular weight is 373 g/mol. The first-order valence-corrected chi connectivity index (χ1v) is 9.53. The van der Waals surface area contributed by atoms with Crippen molar-refractivity contribution in [3.05, 3.63) is 87.9 Å². The second-order valence-corrected chi connectivity index (χ2v) is 7.41. The highest BCUT2D eigenvalue weighted by atomic mass is 16.1. The van der Waals surface area contributed by atoms with E-state index in [9.17, 15) is 4.79 Å². The highest BCUT2D eigenvalue weighted by Gasteiger charge is 2.13. The molecule has 0 aliphatic heterocycles. The van der Waals surface area contributed by atoms with Gasteiger partial charge in [-0.2, -0.15) is 10.2 Å². The van der Waals surface area contributed by atoms with E-state index in [4.69, 9.17) is 0 Å². The summed E-state index contributed by atoms with van der Waals surface area (Å²) in [6.07, 6.45) is 1.46. The topological polar surface area (TPSA) is 76.5 Å². The van der Waals surface area contributed by atoms with Gasteiger partial charge in [0, 0.05) is 18.2 Å². The molecule has 0 fully saturated rings. The minimum atomic E-state index is -0.116. The predicted molar refractivity (Wildman–Crippen MR) is 109 cm³/mol. The second kappa shape index (κ2) is 7.76. The summed E-state index contributed by atoms with van der Waals surface area (Å²) < 4.78 is 1.49. The van der Waals surface area contributed by atoms with Gasteiger partial charge in [-0.05, 0) is 17.5 Å². The SMILES string of the molecule is CC(C)Cc1n[nH]c(Cn2nc(Cc3ccccc3)c3ccccc3c2=O)n1. The van der Waals surface area contributed by atoms with Gasteiger partial charge in [0.05, 0.1) is 11.1 Å². The molecule has 0 spiro atoms. The number of rotatable bonds is 6. The fraction of sp³-hybridized carbons (Fsp3) is 0.273. The molecule has 4 rings (SSSR count). The van der Waals surface area contributed by atoms with E-state index < -0.39 is 0 Å². The maximum Gasteiger partial charge on any atom is 0.275 e. The van der Waals surface area contributed by atoms with Gasteiger partial charge in [0.1, 0.15) is 12.4 Å². The lowest BCUT2D eigenvalue weighted by Crippen LogP contribution is -2.25. The third kappa shape index (κ3) is 3.86. The predicted octanol–water partition coefficient (Wildman–Crippen LogP) is 3.35. The van der Waals surface area contributed by atoms with Crippen LogP contribution < -0.4 is 5.56 Å². The summed E-state index contributed by atoms with van der Waals surface area (Å²) in [5, 5.41) is 13.4. The van der Waals surface area contributed by atoms with Gasteiger partial charge < -0.3 is 0 Å². The standard InChI is InChI=1S/C22H23N5O/c1-15(2)12-20-23-21(25-24-20)14-27-22(28)18-11-7-6-10-17(18)19(26-27)13-16-8-4-3-5-9-16/h3-11,15H,12-14H2,1-2H3,(H,23,24,25). The van der Waals surface area contributed by atoms with Crippen LogP contribution in [0.4, 0.5) is 0 Å². The van der Waals surface area contributed by atoms with Crippen molar-refractivity contribution in [3.63, 3.8) is 0 Å². The van der Waals surface area contributed by atoms with Crippen LogP contribution in [-0.4, -0.2) is 25.0 Å². The van der Waals surface area contributed by atoms with Crippen molar-refractivity contribution >= 4 is 10.8 Å². The van der Waals surface area contributed by atoms with Crippen LogP contribution in [0.25, 0.3) is 10.8 Å². The number of nitrogens with zero attached hydrogens (tertiary/aromatic N) is 4. The van der Waals surface area contributed by atoms with E-state index >= 15 is 0 Å². The van der Waals surface area contributed by atoms with Crippen molar-refractivity contribution in [2.24, 2.45) is 5.92 Å². The molecule has 0 bridgehead atoms. The van der Waals surface area contributed by atoms with E-state index in [1.165, 1.54) is 4.68 Å². The van der Waals surface area contributed by atoms with Gasteiger partial charge in [0.2, 0.25) is 0 Å². The lowest BCUT2D eigenvalue weighted by atomic mass is 10.0. The van der Waals surface area contributed by atoms with Crippen molar-refractivity contribution < 1.29 is 0 Å². The smallest absolute Gasteiger partial charge is 0.267 e. The van der Waals surface area contributed by atoms with E-state index in [2.05, 4.69) is 46.3 Å². The molecule has 0 amide bonds. The van der Waals surface area contributed by atoms with Crippen molar-refractivity contribution in [1.29, 1.82) is 0 Å². The Balaban J connectivity index is 1.73. The van der Waals surface area contributed by atoms with Crippen LogP contribution in [0.1, 0.15) is 36.8 Å². The summed E-state index contributed by atoms with van der Waals surface area (Å²) >= 11 is 0. The Bertz CT molecular complexity index is 1140. The molecule has 0 unspecified atom stereocenters. The van der Waals surface area contributed by atoms with Gasteiger partial charge >= 0.3 is 0 Å². The minimum absolute atomic E-state index is 0.116. The zero-order chi connectivity index (χ0) is 19.5. The quantitative estimate of drug-likeness (QED) is 0.562. The molecule has 1 N–H and O–H groups in total. The van der Waals surface area contributed by atoms with Crippen molar-refractivity contribution in [3.8, 4) is 0 Å². The van der Waals surface area contributed by atoms with Gasteiger partial charge in [-0.15, -0.1) is 0 Å². The molecule has 0 aliphatic carbocycles. The zero-order valence-electron chi connectivity index (χ0n) is 16.1. The minimum Gasteiger partial charge on any atom is -0.267 e. The van der Waals surface area contributed by atoms with Crippen molar-refractivity contribution in [2.75, 3.05) is 0 Å². The molecule has 6 heteroatoms. The first-order chi connectivity index (χ1) is 13.6. The van der Waals surface area contributed by atoms with Crippen LogP contribution in [0.2, 0.25) is 0 Å². The van der Waals surface area contributed by atoms with Crippen LogP contribution in [0, 0.1) is 5.92 Å². The van der Waals surface area contributed by atoms with E-state index in [0.29, 0.717) is 23.5 Å². The summed E-state index contributed by atoms with van der Waals surface area (Å²) in [5.74, 6) is 1.89. The summed E-state index contributed by atoms with van der Waals surface area (Å²) in [7, 11) is 0. The first kappa shape index (κ1) is 18.1. The van der Waals surface area contributed by atoms with Gasteiger partial charge in [0.25, 0.3) is 5.56 Å². The zero-order valence-corrected chi connectivity index (χ0v) is 16.1. The Morgan fingerprint density at radius 3 is 2.46 bits per heavy atom. The van der Waals surface area contributed by atoms with Gasteiger partial charge in [-0.1, -0.05) is 62.4 Å². The Hall–Kier alpha value is -3.28. The molecule has 0 atom stereocenters. The lowest BCUT2D eigenvalue weighted by molar-refractivity contribution is 0.607.